The molecule has 20 heavy (non-hydrogen) atoms. The number of benzene rings is 1. The summed E-state index contributed by atoms with van der Waals surface area (Å²) < 4.78 is 6.00. The summed E-state index contributed by atoms with van der Waals surface area (Å²) in [4.78, 5) is 0. The molecule has 1 aliphatic carbocycles. The van der Waals surface area contributed by atoms with Gasteiger partial charge in [0, 0.05) is 13.2 Å². The van der Waals surface area contributed by atoms with Gasteiger partial charge in [0.2, 0.25) is 0 Å². The fourth-order valence-corrected chi connectivity index (χ4v) is 3.56. The van der Waals surface area contributed by atoms with Crippen molar-refractivity contribution >= 4 is 0 Å². The Morgan fingerprint density at radius 1 is 1.15 bits per heavy atom. The van der Waals surface area contributed by atoms with Crippen LogP contribution in [0.2, 0.25) is 0 Å². The smallest absolute Gasteiger partial charge is 0.0834 e. The molecule has 0 bridgehead atoms. The Bertz CT molecular complexity index is 435. The van der Waals surface area contributed by atoms with Crippen LogP contribution in [-0.2, 0) is 11.2 Å². The molecular formula is C18H29NO. The Labute approximate surface area is 123 Å². The van der Waals surface area contributed by atoms with Gasteiger partial charge in [0.05, 0.1) is 5.60 Å². The average molecular weight is 275 g/mol. The molecule has 1 saturated carbocycles. The number of hydrogen-bond acceptors (Lipinski definition) is 2. The van der Waals surface area contributed by atoms with E-state index in [1.165, 1.54) is 48.8 Å². The first-order chi connectivity index (χ1) is 9.61. The van der Waals surface area contributed by atoms with Crippen molar-refractivity contribution < 1.29 is 4.74 Å². The maximum absolute atomic E-state index is 6.00. The lowest BCUT2D eigenvalue weighted by molar-refractivity contribution is -0.0657. The molecule has 0 spiro atoms. The molecule has 1 aromatic rings. The molecule has 1 aromatic carbocycles. The van der Waals surface area contributed by atoms with Crippen LogP contribution in [0, 0.1) is 13.8 Å². The van der Waals surface area contributed by atoms with E-state index in [4.69, 9.17) is 4.74 Å². The summed E-state index contributed by atoms with van der Waals surface area (Å²) in [6.45, 7) is 4.37. The molecule has 1 fully saturated rings. The molecule has 2 rings (SSSR count). The van der Waals surface area contributed by atoms with Gasteiger partial charge in [-0.05, 0) is 56.8 Å². The van der Waals surface area contributed by atoms with Crippen molar-refractivity contribution in [2.75, 3.05) is 14.2 Å². The van der Waals surface area contributed by atoms with Crippen LogP contribution in [0.5, 0.6) is 0 Å². The summed E-state index contributed by atoms with van der Waals surface area (Å²) in [5.74, 6) is 0. The lowest BCUT2D eigenvalue weighted by atomic mass is 9.77. The molecular weight excluding hydrogens is 246 g/mol. The predicted octanol–water partition coefficient (Wildman–Crippen LogP) is 3.78. The molecule has 0 amide bonds. The first-order valence-electron chi connectivity index (χ1n) is 7.90. The van der Waals surface area contributed by atoms with E-state index in [1.807, 2.05) is 7.11 Å². The van der Waals surface area contributed by atoms with Crippen LogP contribution >= 0.6 is 0 Å². The van der Waals surface area contributed by atoms with Gasteiger partial charge in [-0.25, -0.2) is 0 Å². The number of aryl methyl sites for hydroxylation is 2. The molecule has 0 saturated heterocycles. The Hall–Kier alpha value is -0.860. The van der Waals surface area contributed by atoms with Crippen molar-refractivity contribution in [3.63, 3.8) is 0 Å². The van der Waals surface area contributed by atoms with Crippen LogP contribution in [0.15, 0.2) is 18.2 Å². The second-order valence-electron chi connectivity index (χ2n) is 6.29. The van der Waals surface area contributed by atoms with Gasteiger partial charge in [-0.15, -0.1) is 0 Å². The molecule has 1 unspecified atom stereocenters. The predicted molar refractivity (Wildman–Crippen MR) is 85.3 cm³/mol. The monoisotopic (exact) mass is 275 g/mol. The summed E-state index contributed by atoms with van der Waals surface area (Å²) >= 11 is 0. The fourth-order valence-electron chi connectivity index (χ4n) is 3.56. The molecule has 2 nitrogen and oxygen atoms in total. The zero-order valence-corrected chi connectivity index (χ0v) is 13.5. The first-order valence-corrected chi connectivity index (χ1v) is 7.90. The maximum atomic E-state index is 6.00. The zero-order valence-electron chi connectivity index (χ0n) is 13.5. The number of likely N-dealkylation sites (N-methyl/N-ethyl adjacent to an activating group) is 1. The van der Waals surface area contributed by atoms with Crippen LogP contribution < -0.4 is 5.32 Å². The van der Waals surface area contributed by atoms with Gasteiger partial charge in [0.25, 0.3) is 0 Å². The summed E-state index contributed by atoms with van der Waals surface area (Å²) in [5.41, 5.74) is 4.18. The van der Waals surface area contributed by atoms with E-state index in [0.29, 0.717) is 6.04 Å². The van der Waals surface area contributed by atoms with E-state index in [2.05, 4.69) is 44.4 Å². The van der Waals surface area contributed by atoms with Gasteiger partial charge in [0.1, 0.15) is 0 Å². The minimum Gasteiger partial charge on any atom is -0.377 e. The van der Waals surface area contributed by atoms with Gasteiger partial charge in [-0.1, -0.05) is 37.5 Å². The number of nitrogens with one attached hydrogen (secondary N) is 1. The normalized spacial score (nSPS) is 19.8. The lowest BCUT2D eigenvalue weighted by Crippen LogP contribution is -2.53. The van der Waals surface area contributed by atoms with Crippen molar-refractivity contribution in [1.29, 1.82) is 0 Å². The van der Waals surface area contributed by atoms with E-state index in [9.17, 15) is 0 Å². The largest absolute Gasteiger partial charge is 0.377 e. The van der Waals surface area contributed by atoms with Crippen molar-refractivity contribution in [3.05, 3.63) is 34.9 Å². The topological polar surface area (TPSA) is 21.3 Å². The van der Waals surface area contributed by atoms with Gasteiger partial charge in [-0.3, -0.25) is 0 Å². The minimum atomic E-state index is 0.0196. The summed E-state index contributed by atoms with van der Waals surface area (Å²) in [7, 11) is 3.96. The highest BCUT2D eigenvalue weighted by atomic mass is 16.5. The van der Waals surface area contributed by atoms with Gasteiger partial charge < -0.3 is 10.1 Å². The molecule has 2 heteroatoms. The number of ether oxygens (including phenoxy) is 1. The number of rotatable bonds is 5. The molecule has 1 atom stereocenters. The van der Waals surface area contributed by atoms with Crippen molar-refractivity contribution in [3.8, 4) is 0 Å². The SMILES string of the molecule is CNC(Cc1ccc(C)c(C)c1)C1(OC)CCCCC1. The third kappa shape index (κ3) is 3.24. The molecule has 0 heterocycles. The first kappa shape index (κ1) is 15.5. The Kier molecular flexibility index (Phi) is 5.22. The second kappa shape index (κ2) is 6.73. The zero-order chi connectivity index (χ0) is 14.6. The molecule has 0 aromatic heterocycles. The van der Waals surface area contributed by atoms with Crippen LogP contribution in [0.3, 0.4) is 0 Å². The van der Waals surface area contributed by atoms with E-state index in [0.717, 1.165) is 6.42 Å². The third-order valence-electron chi connectivity index (χ3n) is 5.10. The average Bonchev–Trinajstić information content (AvgIpc) is 2.49. The Morgan fingerprint density at radius 3 is 2.40 bits per heavy atom. The quantitative estimate of drug-likeness (QED) is 0.883. The third-order valence-corrected chi connectivity index (χ3v) is 5.10. The fraction of sp³-hybridized carbons (Fsp3) is 0.667. The summed E-state index contributed by atoms with van der Waals surface area (Å²) in [6.07, 6.45) is 7.34. The maximum Gasteiger partial charge on any atom is 0.0834 e. The van der Waals surface area contributed by atoms with Crippen LogP contribution in [0.1, 0.15) is 48.8 Å². The molecule has 1 N–H and O–H groups in total. The van der Waals surface area contributed by atoms with E-state index >= 15 is 0 Å². The molecule has 1 aliphatic rings. The summed E-state index contributed by atoms with van der Waals surface area (Å²) in [5, 5.41) is 3.52. The van der Waals surface area contributed by atoms with Gasteiger partial charge in [0.15, 0.2) is 0 Å². The highest BCUT2D eigenvalue weighted by molar-refractivity contribution is 5.30. The standard InChI is InChI=1S/C18H29NO/c1-14-8-9-16(12-15(14)2)13-17(19-3)18(20-4)10-6-5-7-11-18/h8-9,12,17,19H,5-7,10-11,13H2,1-4H3. The molecule has 0 radical (unpaired) electrons. The van der Waals surface area contributed by atoms with Crippen molar-refractivity contribution in [1.82, 2.24) is 5.32 Å². The van der Waals surface area contributed by atoms with Crippen LogP contribution in [0.4, 0.5) is 0 Å². The molecule has 0 aliphatic heterocycles. The Balaban J connectivity index is 2.16. The van der Waals surface area contributed by atoms with Gasteiger partial charge in [-0.2, -0.15) is 0 Å². The second-order valence-corrected chi connectivity index (χ2v) is 6.29. The van der Waals surface area contributed by atoms with Crippen LogP contribution in [0.25, 0.3) is 0 Å². The minimum absolute atomic E-state index is 0.0196. The van der Waals surface area contributed by atoms with Crippen molar-refractivity contribution in [2.45, 2.75) is 64.0 Å². The number of methoxy groups -OCH3 is 1. The van der Waals surface area contributed by atoms with Gasteiger partial charge >= 0.3 is 0 Å². The van der Waals surface area contributed by atoms with E-state index in [1.54, 1.807) is 0 Å². The lowest BCUT2D eigenvalue weighted by Gasteiger charge is -2.42. The highest BCUT2D eigenvalue weighted by Crippen LogP contribution is 2.35. The van der Waals surface area contributed by atoms with Crippen molar-refractivity contribution in [2.24, 2.45) is 0 Å². The van der Waals surface area contributed by atoms with E-state index < -0.39 is 0 Å². The van der Waals surface area contributed by atoms with Crippen LogP contribution in [-0.4, -0.2) is 25.8 Å². The number of hydrogen-bond donors (Lipinski definition) is 1. The van der Waals surface area contributed by atoms with E-state index in [-0.39, 0.29) is 5.60 Å². The highest BCUT2D eigenvalue weighted by Gasteiger charge is 2.39. The molecule has 112 valence electrons. The summed E-state index contributed by atoms with van der Waals surface area (Å²) in [6, 6.07) is 7.22. The Morgan fingerprint density at radius 2 is 1.85 bits per heavy atom.